The third-order valence-corrected chi connectivity index (χ3v) is 3.04. The summed E-state index contributed by atoms with van der Waals surface area (Å²) in [4.78, 5) is 10.5. The molecule has 192 valence electrons. The van der Waals surface area contributed by atoms with Gasteiger partial charge in [0.25, 0.3) is 5.91 Å². The zero-order chi connectivity index (χ0) is 26.6. The Bertz CT molecular complexity index is 695. The van der Waals surface area contributed by atoms with Crippen LogP contribution in [0.5, 0.6) is 0 Å². The first-order chi connectivity index (χ1) is 13.5. The lowest BCUT2D eigenvalue weighted by atomic mass is 10.2. The van der Waals surface area contributed by atoms with Crippen LogP contribution in [0, 0.1) is 0 Å². The molecule has 0 rings (SSSR count). The number of carbonyl (C=O) groups is 1. The molecule has 0 heterocycles. The number of halogens is 17. The van der Waals surface area contributed by atoms with Crippen LogP contribution in [-0.2, 0) is 14.3 Å². The number of nitrogens with zero attached hydrogens (tertiary/aromatic N) is 1. The molecular weight excluding hydrogens is 517 g/mol. The van der Waals surface area contributed by atoms with E-state index in [1.54, 1.807) is 0 Å². The van der Waals surface area contributed by atoms with E-state index in [-0.39, 0.29) is 14.1 Å². The van der Waals surface area contributed by atoms with E-state index < -0.39 is 59.2 Å². The van der Waals surface area contributed by atoms with Gasteiger partial charge in [-0.2, -0.15) is 74.6 Å². The number of ether oxygens (including phenoxy) is 2. The van der Waals surface area contributed by atoms with Crippen LogP contribution < -0.4 is 0 Å². The third kappa shape index (κ3) is 4.91. The monoisotopic (exact) mass is 523 g/mol. The molecule has 0 bridgehead atoms. The second-order valence-corrected chi connectivity index (χ2v) is 5.70. The van der Waals surface area contributed by atoms with Gasteiger partial charge in [0.05, 0.1) is 0 Å². The van der Waals surface area contributed by atoms with Crippen molar-refractivity contribution in [2.24, 2.45) is 0 Å². The normalized spacial score (nSPS) is 18.7. The second kappa shape index (κ2) is 7.90. The number of alkyl halides is 17. The summed E-state index contributed by atoms with van der Waals surface area (Å²) < 4.78 is 221. The van der Waals surface area contributed by atoms with Gasteiger partial charge in [-0.05, 0) is 0 Å². The zero-order valence-electron chi connectivity index (χ0n) is 14.6. The van der Waals surface area contributed by atoms with E-state index in [2.05, 4.69) is 0 Å². The molecule has 1 amide bonds. The topological polar surface area (TPSA) is 38.8 Å². The van der Waals surface area contributed by atoms with E-state index >= 15 is 0 Å². The van der Waals surface area contributed by atoms with E-state index in [4.69, 9.17) is 0 Å². The predicted octanol–water partition coefficient (Wildman–Crippen LogP) is 4.95. The Kier molecular flexibility index (Phi) is 7.46. The van der Waals surface area contributed by atoms with Gasteiger partial charge in [0.1, 0.15) is 0 Å². The fourth-order valence-corrected chi connectivity index (χ4v) is 1.44. The first-order valence-electron chi connectivity index (χ1n) is 6.85. The van der Waals surface area contributed by atoms with Crippen LogP contribution in [0.4, 0.5) is 74.6 Å². The second-order valence-electron chi connectivity index (χ2n) is 5.70. The van der Waals surface area contributed by atoms with Gasteiger partial charge in [0.15, 0.2) is 0 Å². The summed E-state index contributed by atoms with van der Waals surface area (Å²) in [5, 5.41) is 0. The molecule has 0 fully saturated rings. The van der Waals surface area contributed by atoms with Crippen molar-refractivity contribution in [2.45, 2.75) is 48.4 Å². The zero-order valence-corrected chi connectivity index (χ0v) is 14.6. The Morgan fingerprint density at radius 1 is 0.562 bits per heavy atom. The summed E-state index contributed by atoms with van der Waals surface area (Å²) in [7, 11) is 0.287. The van der Waals surface area contributed by atoms with Crippen molar-refractivity contribution in [1.82, 2.24) is 4.90 Å². The van der Waals surface area contributed by atoms with Crippen molar-refractivity contribution in [3.63, 3.8) is 0 Å². The number of rotatable bonds is 7. The largest absolute Gasteiger partial charge is 0.462 e. The fourth-order valence-electron chi connectivity index (χ4n) is 1.44. The molecule has 0 unspecified atom stereocenters. The molecule has 0 aromatic heterocycles. The van der Waals surface area contributed by atoms with E-state index in [1.807, 2.05) is 4.74 Å². The van der Waals surface area contributed by atoms with Gasteiger partial charge in [-0.25, -0.2) is 0 Å². The maximum Gasteiger partial charge on any atom is 0.462 e. The van der Waals surface area contributed by atoms with Crippen molar-refractivity contribution >= 4 is 5.91 Å². The Morgan fingerprint density at radius 2 is 0.938 bits per heavy atom. The standard InChI is InChI=1S/C11H6F17NO3/c1-29(2)3(30)4(12,7(16,17)18)31-11(27,28)6(15,9(22,23)24)32-10(25,26)5(13,14)8(19,20)21/h1-2H3/t4-,6+/m1/s1. The maximum absolute atomic E-state index is 13.9. The summed E-state index contributed by atoms with van der Waals surface area (Å²) in [5.74, 6) is -25.9. The van der Waals surface area contributed by atoms with E-state index in [9.17, 15) is 79.4 Å². The fraction of sp³-hybridized carbons (Fsp3) is 0.909. The van der Waals surface area contributed by atoms with E-state index in [0.29, 0.717) is 0 Å². The van der Waals surface area contributed by atoms with Crippen LogP contribution in [0.15, 0.2) is 0 Å². The average Bonchev–Trinajstić information content (AvgIpc) is 2.49. The molecular formula is C11H6F17NO3. The molecule has 2 atom stereocenters. The lowest BCUT2D eigenvalue weighted by Crippen LogP contribution is -2.68. The highest BCUT2D eigenvalue weighted by Gasteiger charge is 2.85. The van der Waals surface area contributed by atoms with Crippen molar-refractivity contribution in [3.05, 3.63) is 0 Å². The molecule has 0 aliphatic heterocycles. The van der Waals surface area contributed by atoms with Gasteiger partial charge in [-0.3, -0.25) is 14.3 Å². The lowest BCUT2D eigenvalue weighted by molar-refractivity contribution is -0.548. The number of amides is 1. The molecule has 0 saturated carbocycles. The van der Waals surface area contributed by atoms with Crippen molar-refractivity contribution in [2.75, 3.05) is 14.1 Å². The average molecular weight is 523 g/mol. The van der Waals surface area contributed by atoms with E-state index in [1.165, 1.54) is 4.74 Å². The number of hydrogen-bond donors (Lipinski definition) is 0. The Hall–Kier alpha value is -1.80. The predicted molar refractivity (Wildman–Crippen MR) is 61.5 cm³/mol. The quantitative estimate of drug-likeness (QED) is 0.444. The number of carbonyl (C=O) groups excluding carboxylic acids is 1. The molecule has 0 radical (unpaired) electrons. The molecule has 0 aromatic rings. The third-order valence-electron chi connectivity index (χ3n) is 3.04. The highest BCUT2D eigenvalue weighted by molar-refractivity contribution is 5.84. The van der Waals surface area contributed by atoms with Crippen molar-refractivity contribution in [3.8, 4) is 0 Å². The summed E-state index contributed by atoms with van der Waals surface area (Å²) in [5.41, 5.74) is 0. The molecule has 0 aliphatic rings. The minimum Gasteiger partial charge on any atom is -0.344 e. The van der Waals surface area contributed by atoms with Gasteiger partial charge in [0.2, 0.25) is 0 Å². The smallest absolute Gasteiger partial charge is 0.344 e. The van der Waals surface area contributed by atoms with Crippen LogP contribution in [0.3, 0.4) is 0 Å². The molecule has 32 heavy (non-hydrogen) atoms. The van der Waals surface area contributed by atoms with Crippen molar-refractivity contribution < 1.29 is 88.9 Å². The van der Waals surface area contributed by atoms with Crippen LogP contribution >= 0.6 is 0 Å². The minimum atomic E-state index is -8.01. The first kappa shape index (κ1) is 30.2. The molecule has 0 spiro atoms. The number of likely N-dealkylation sites (N-methyl/N-ethyl adjacent to an activating group) is 1. The highest BCUT2D eigenvalue weighted by Crippen LogP contribution is 2.56. The highest BCUT2D eigenvalue weighted by atomic mass is 19.4. The van der Waals surface area contributed by atoms with Gasteiger partial charge >= 0.3 is 48.4 Å². The summed E-state index contributed by atoms with van der Waals surface area (Å²) in [6, 6.07) is 0. The Labute approximate surface area is 163 Å². The number of hydrogen-bond acceptors (Lipinski definition) is 3. The molecule has 21 heteroatoms. The van der Waals surface area contributed by atoms with Gasteiger partial charge in [-0.1, -0.05) is 0 Å². The maximum atomic E-state index is 13.9. The van der Waals surface area contributed by atoms with Crippen molar-refractivity contribution in [1.29, 1.82) is 0 Å². The summed E-state index contributed by atoms with van der Waals surface area (Å²) >= 11 is 0. The minimum absolute atomic E-state index is 0.144. The Balaban J connectivity index is 6.77. The lowest BCUT2D eigenvalue weighted by Gasteiger charge is -2.40. The molecule has 0 aliphatic carbocycles. The van der Waals surface area contributed by atoms with Crippen LogP contribution in [0.1, 0.15) is 0 Å². The SMILES string of the molecule is CN(C)C(=O)[C@@](F)(OC(F)(F)[C@@](F)(OC(F)(F)C(F)(F)C(F)(F)F)C(F)(F)F)C(F)(F)F. The summed E-state index contributed by atoms with van der Waals surface area (Å²) in [6.45, 7) is 0. The van der Waals surface area contributed by atoms with Crippen LogP contribution in [-0.4, -0.2) is 73.3 Å². The van der Waals surface area contributed by atoms with Crippen LogP contribution in [0.2, 0.25) is 0 Å². The molecule has 0 N–H and O–H groups in total. The van der Waals surface area contributed by atoms with Crippen LogP contribution in [0.25, 0.3) is 0 Å². The molecule has 0 saturated heterocycles. The first-order valence-corrected chi connectivity index (χ1v) is 6.85. The van der Waals surface area contributed by atoms with E-state index in [0.717, 1.165) is 0 Å². The van der Waals surface area contributed by atoms with Gasteiger partial charge in [0, 0.05) is 14.1 Å². The van der Waals surface area contributed by atoms with Gasteiger partial charge in [-0.15, -0.1) is 0 Å². The molecule has 4 nitrogen and oxygen atoms in total. The molecule has 0 aromatic carbocycles. The van der Waals surface area contributed by atoms with Gasteiger partial charge < -0.3 is 4.90 Å². The summed E-state index contributed by atoms with van der Waals surface area (Å²) in [6.07, 6.45) is -38.3. The Morgan fingerprint density at radius 3 is 1.19 bits per heavy atom.